The Morgan fingerprint density at radius 1 is 0.707 bits per heavy atom. The van der Waals surface area contributed by atoms with Gasteiger partial charge in [-0.3, -0.25) is 39.1 Å². The zero-order chi connectivity index (χ0) is 39.7. The molecule has 3 fully saturated rings. The van der Waals surface area contributed by atoms with Crippen molar-refractivity contribution in [3.8, 4) is 5.75 Å². The van der Waals surface area contributed by atoms with Crippen molar-refractivity contribution in [3.63, 3.8) is 0 Å². The second-order valence-electron chi connectivity index (χ2n) is 17.1. The first kappa shape index (κ1) is 36.5. The molecule has 4 aromatic rings. The topological polar surface area (TPSA) is 139 Å². The van der Waals surface area contributed by atoms with Gasteiger partial charge in [-0.25, -0.2) is 0 Å². The van der Waals surface area contributed by atoms with Gasteiger partial charge in [-0.1, -0.05) is 48.5 Å². The zero-order valence-corrected chi connectivity index (χ0v) is 32.4. The number of amides is 5. The Hall–Kier alpha value is -5.81. The van der Waals surface area contributed by atoms with Crippen LogP contribution in [0.25, 0.3) is 0 Å². The molecule has 10 rings (SSSR count). The normalized spacial score (nSPS) is 25.8. The van der Waals surface area contributed by atoms with Gasteiger partial charge >= 0.3 is 0 Å². The van der Waals surface area contributed by atoms with Crippen LogP contribution in [0, 0.1) is 5.92 Å². The van der Waals surface area contributed by atoms with Crippen LogP contribution >= 0.6 is 0 Å². The number of nitrogens with zero attached hydrogens (tertiary/aromatic N) is 3. The van der Waals surface area contributed by atoms with Gasteiger partial charge in [0.15, 0.2) is 0 Å². The highest BCUT2D eigenvalue weighted by Gasteiger charge is 2.46. The SMILES string of the molecule is O=C1CCC(N2C(=O)c3cc4c(cc3C2=O)CN(C(=O)C2CCC(N3CC(Nc5ccc([C@@H]6c7ccc(O)cc7CC[C@@H]6c6ccccc6)cc5)C3)CC2)C4)C(=O)N1. The lowest BCUT2D eigenvalue weighted by atomic mass is 9.69. The highest BCUT2D eigenvalue weighted by molar-refractivity contribution is 6.23. The first-order chi connectivity index (χ1) is 28.2. The quantitative estimate of drug-likeness (QED) is 0.199. The summed E-state index contributed by atoms with van der Waals surface area (Å²) in [5, 5.41) is 16.2. The van der Waals surface area contributed by atoms with E-state index in [0.717, 1.165) is 73.3 Å². The Kier molecular flexibility index (Phi) is 9.15. The van der Waals surface area contributed by atoms with E-state index in [-0.39, 0.29) is 41.7 Å². The van der Waals surface area contributed by atoms with E-state index in [9.17, 15) is 29.1 Å². The predicted molar refractivity (Wildman–Crippen MR) is 216 cm³/mol. The number of phenolic OH excluding ortho intramolecular Hbond substituents is 1. The fraction of sp³-hybridized carbons (Fsp3) is 0.383. The largest absolute Gasteiger partial charge is 0.508 e. The number of aromatic hydroxyl groups is 1. The zero-order valence-electron chi connectivity index (χ0n) is 32.4. The van der Waals surface area contributed by atoms with Crippen molar-refractivity contribution in [2.45, 2.75) is 94.4 Å². The van der Waals surface area contributed by atoms with E-state index >= 15 is 0 Å². The van der Waals surface area contributed by atoms with Gasteiger partial charge in [0.2, 0.25) is 17.7 Å². The molecule has 2 saturated heterocycles. The van der Waals surface area contributed by atoms with E-state index in [1.165, 1.54) is 22.3 Å². The summed E-state index contributed by atoms with van der Waals surface area (Å²) in [4.78, 5) is 69.9. The summed E-state index contributed by atoms with van der Waals surface area (Å²) in [6.45, 7) is 2.75. The number of imide groups is 2. The Bertz CT molecular complexity index is 2290. The van der Waals surface area contributed by atoms with Crippen molar-refractivity contribution in [3.05, 3.63) is 129 Å². The Morgan fingerprint density at radius 2 is 1.40 bits per heavy atom. The van der Waals surface area contributed by atoms with Crippen LogP contribution in [0.1, 0.15) is 111 Å². The molecular formula is C47H47N5O6. The molecular weight excluding hydrogens is 731 g/mol. The summed E-state index contributed by atoms with van der Waals surface area (Å²) in [5.41, 5.74) is 8.53. The van der Waals surface area contributed by atoms with Gasteiger partial charge in [0, 0.05) is 56.2 Å². The Balaban J connectivity index is 0.716. The maximum absolute atomic E-state index is 13.8. The van der Waals surface area contributed by atoms with E-state index in [0.29, 0.717) is 36.8 Å². The molecule has 0 bridgehead atoms. The number of piperidine rings is 1. The standard InChI is InChI=1S/C47H47N5O6/c53-36-15-17-38-30(20-36)10-16-37(27-4-2-1-3-5-27)43(38)28-6-11-33(12-7-28)48-34-25-50(26-34)35-13-8-29(9-14-35)45(56)51-23-31-21-39-40(22-32(31)24-51)47(58)52(46(39)57)41-18-19-42(54)49-44(41)55/h1-7,11-12,15,17,20-22,29,34-35,37,41,43,48,53H,8-10,13-14,16,18-19,23-26H2,(H,49,54,55)/t29?,35?,37-,41?,43+/m1/s1. The second kappa shape index (κ2) is 14.5. The lowest BCUT2D eigenvalue weighted by molar-refractivity contribution is -0.138. The van der Waals surface area contributed by atoms with Crippen LogP contribution in [0.5, 0.6) is 5.75 Å². The minimum absolute atomic E-state index is 0.0410. The fourth-order valence-corrected chi connectivity index (χ4v) is 10.7. The Morgan fingerprint density at radius 3 is 2.07 bits per heavy atom. The van der Waals surface area contributed by atoms with Crippen LogP contribution in [0.15, 0.2) is 84.9 Å². The van der Waals surface area contributed by atoms with Crippen molar-refractivity contribution in [2.75, 3.05) is 18.4 Å². The minimum atomic E-state index is -0.998. The van der Waals surface area contributed by atoms with Gasteiger partial charge in [0.1, 0.15) is 11.8 Å². The summed E-state index contributed by atoms with van der Waals surface area (Å²) in [5.74, 6) is -1.07. The molecule has 4 aromatic carbocycles. The number of phenols is 1. The third-order valence-corrected chi connectivity index (χ3v) is 13.7. The number of anilines is 1. The number of fused-ring (bicyclic) bond motifs is 3. The van der Waals surface area contributed by atoms with Crippen LogP contribution in [-0.2, 0) is 33.9 Å². The molecule has 0 spiro atoms. The van der Waals surface area contributed by atoms with Gasteiger partial charge in [0.25, 0.3) is 11.8 Å². The predicted octanol–water partition coefficient (Wildman–Crippen LogP) is 5.85. The molecule has 3 N–H and O–H groups in total. The number of likely N-dealkylation sites (tertiary alicyclic amines) is 1. The first-order valence-corrected chi connectivity index (χ1v) is 20.8. The molecule has 2 aliphatic carbocycles. The monoisotopic (exact) mass is 777 g/mol. The minimum Gasteiger partial charge on any atom is -0.508 e. The summed E-state index contributed by atoms with van der Waals surface area (Å²) in [6.07, 6.45) is 5.83. The van der Waals surface area contributed by atoms with Crippen LogP contribution in [-0.4, -0.2) is 80.6 Å². The number of carbonyl (C=O) groups is 5. The molecule has 11 nitrogen and oxygen atoms in total. The van der Waals surface area contributed by atoms with Gasteiger partial charge in [0.05, 0.1) is 17.2 Å². The second-order valence-corrected chi connectivity index (χ2v) is 17.1. The molecule has 1 unspecified atom stereocenters. The maximum atomic E-state index is 13.8. The number of aryl methyl sites for hydroxylation is 1. The lowest BCUT2D eigenvalue weighted by Crippen LogP contribution is -2.59. The third kappa shape index (κ3) is 6.45. The summed E-state index contributed by atoms with van der Waals surface area (Å²) < 4.78 is 0. The molecule has 0 aromatic heterocycles. The number of carbonyl (C=O) groups excluding carboxylic acids is 5. The maximum Gasteiger partial charge on any atom is 0.262 e. The van der Waals surface area contributed by atoms with Crippen LogP contribution < -0.4 is 10.6 Å². The van der Waals surface area contributed by atoms with Crippen molar-refractivity contribution in [2.24, 2.45) is 5.92 Å². The number of benzene rings is 4. The number of rotatable bonds is 7. The van der Waals surface area contributed by atoms with Crippen molar-refractivity contribution < 1.29 is 29.1 Å². The van der Waals surface area contributed by atoms with Crippen molar-refractivity contribution in [1.82, 2.24) is 20.0 Å². The number of nitrogens with one attached hydrogen (secondary N) is 2. The average Bonchev–Trinajstić information content (AvgIpc) is 3.75. The lowest BCUT2D eigenvalue weighted by Gasteiger charge is -2.47. The fourth-order valence-electron chi connectivity index (χ4n) is 10.7. The average molecular weight is 778 g/mol. The number of hydrogen-bond acceptors (Lipinski definition) is 8. The highest BCUT2D eigenvalue weighted by atomic mass is 16.3. The third-order valence-electron chi connectivity index (χ3n) is 13.7. The van der Waals surface area contributed by atoms with Gasteiger partial charge in [-0.15, -0.1) is 0 Å². The first-order valence-electron chi connectivity index (χ1n) is 20.8. The van der Waals surface area contributed by atoms with Gasteiger partial charge < -0.3 is 15.3 Å². The Labute approximate surface area is 337 Å². The van der Waals surface area contributed by atoms with Crippen molar-refractivity contribution in [1.29, 1.82) is 0 Å². The van der Waals surface area contributed by atoms with E-state index in [4.69, 9.17) is 0 Å². The molecule has 3 atom stereocenters. The summed E-state index contributed by atoms with van der Waals surface area (Å²) in [6, 6.07) is 28.9. The molecule has 4 heterocycles. The molecule has 11 heteroatoms. The molecule has 4 aliphatic heterocycles. The van der Waals surface area contributed by atoms with Gasteiger partial charge in [-0.2, -0.15) is 0 Å². The molecule has 5 amide bonds. The van der Waals surface area contributed by atoms with Crippen LogP contribution in [0.3, 0.4) is 0 Å². The van der Waals surface area contributed by atoms with E-state index < -0.39 is 29.7 Å². The van der Waals surface area contributed by atoms with E-state index in [2.05, 4.69) is 76.2 Å². The van der Waals surface area contributed by atoms with Crippen molar-refractivity contribution >= 4 is 35.2 Å². The molecule has 6 aliphatic rings. The molecule has 296 valence electrons. The van der Waals surface area contributed by atoms with Crippen LogP contribution in [0.2, 0.25) is 0 Å². The summed E-state index contributed by atoms with van der Waals surface area (Å²) in [7, 11) is 0. The van der Waals surface area contributed by atoms with E-state index in [1.807, 2.05) is 17.0 Å². The molecule has 1 saturated carbocycles. The number of hydrogen-bond donors (Lipinski definition) is 3. The molecule has 58 heavy (non-hydrogen) atoms. The summed E-state index contributed by atoms with van der Waals surface area (Å²) >= 11 is 0. The highest BCUT2D eigenvalue weighted by Crippen LogP contribution is 2.47. The van der Waals surface area contributed by atoms with E-state index in [1.54, 1.807) is 12.1 Å². The van der Waals surface area contributed by atoms with Gasteiger partial charge in [-0.05, 0) is 121 Å². The van der Waals surface area contributed by atoms with Crippen LogP contribution in [0.4, 0.5) is 5.69 Å². The smallest absolute Gasteiger partial charge is 0.262 e. The molecule has 0 radical (unpaired) electrons.